The van der Waals surface area contributed by atoms with E-state index in [1.807, 2.05) is 6.92 Å². The third-order valence-corrected chi connectivity index (χ3v) is 3.83. The van der Waals surface area contributed by atoms with E-state index in [0.29, 0.717) is 12.1 Å². The van der Waals surface area contributed by atoms with Gasteiger partial charge in [0.2, 0.25) is 0 Å². The van der Waals surface area contributed by atoms with Gasteiger partial charge in [-0.1, -0.05) is 0 Å². The van der Waals surface area contributed by atoms with Crippen molar-refractivity contribution >= 4 is 0 Å². The molecular weight excluding hydrogens is 212 g/mol. The average Bonchev–Trinajstić information content (AvgIpc) is 2.28. The molecule has 1 aliphatic heterocycles. The summed E-state index contributed by atoms with van der Waals surface area (Å²) in [7, 11) is 4.30. The maximum absolute atomic E-state index is 8.96. The molecule has 2 unspecified atom stereocenters. The summed E-state index contributed by atoms with van der Waals surface area (Å²) in [5.74, 6) is 0. The van der Waals surface area contributed by atoms with Gasteiger partial charge in [-0.2, -0.15) is 5.26 Å². The minimum atomic E-state index is -0.697. The van der Waals surface area contributed by atoms with Crippen molar-refractivity contribution in [1.29, 1.82) is 5.26 Å². The highest BCUT2D eigenvalue weighted by Gasteiger charge is 2.28. The molecule has 2 atom stereocenters. The zero-order valence-electron chi connectivity index (χ0n) is 11.6. The van der Waals surface area contributed by atoms with Crippen LogP contribution in [0.1, 0.15) is 33.1 Å². The monoisotopic (exact) mass is 238 g/mol. The van der Waals surface area contributed by atoms with E-state index in [-0.39, 0.29) is 0 Å². The molecule has 1 fully saturated rings. The summed E-state index contributed by atoms with van der Waals surface area (Å²) in [6, 6.07) is 3.28. The fourth-order valence-electron chi connectivity index (χ4n) is 2.63. The van der Waals surface area contributed by atoms with Crippen LogP contribution in [0, 0.1) is 11.3 Å². The zero-order valence-corrected chi connectivity index (χ0v) is 11.6. The van der Waals surface area contributed by atoms with Crippen LogP contribution in [0.2, 0.25) is 0 Å². The fraction of sp³-hybridized carbons (Fsp3) is 0.923. The van der Waals surface area contributed by atoms with E-state index < -0.39 is 5.54 Å². The summed E-state index contributed by atoms with van der Waals surface area (Å²) in [6.07, 6.45) is 3.17. The molecule has 17 heavy (non-hydrogen) atoms. The molecule has 0 amide bonds. The molecule has 0 aromatic heterocycles. The number of nitrogens with zero attached hydrogens (tertiary/aromatic N) is 3. The lowest BCUT2D eigenvalue weighted by molar-refractivity contribution is 0.105. The van der Waals surface area contributed by atoms with Crippen LogP contribution in [0.4, 0.5) is 0 Å². The van der Waals surface area contributed by atoms with E-state index in [9.17, 15) is 0 Å². The third-order valence-electron chi connectivity index (χ3n) is 3.83. The lowest BCUT2D eigenvalue weighted by Crippen LogP contribution is -2.49. The number of piperidine rings is 1. The van der Waals surface area contributed by atoms with Crippen molar-refractivity contribution < 1.29 is 0 Å². The highest BCUT2D eigenvalue weighted by Crippen LogP contribution is 2.20. The minimum Gasteiger partial charge on any atom is -0.314 e. The van der Waals surface area contributed by atoms with Crippen molar-refractivity contribution in [1.82, 2.24) is 9.80 Å². The maximum atomic E-state index is 8.96. The Morgan fingerprint density at radius 2 is 2.00 bits per heavy atom. The molecule has 2 N–H and O–H groups in total. The van der Waals surface area contributed by atoms with E-state index in [4.69, 9.17) is 11.0 Å². The normalized spacial score (nSPS) is 24.3. The molecule has 4 heteroatoms. The number of likely N-dealkylation sites (tertiary alicyclic amines) is 1. The number of nitrogens with two attached hydrogens (primary N) is 1. The van der Waals surface area contributed by atoms with E-state index in [0.717, 1.165) is 19.5 Å². The molecule has 0 aromatic carbocycles. The van der Waals surface area contributed by atoms with Crippen molar-refractivity contribution in [2.45, 2.75) is 50.7 Å². The Hall–Kier alpha value is -0.630. The van der Waals surface area contributed by atoms with Gasteiger partial charge in [-0.25, -0.2) is 0 Å². The van der Waals surface area contributed by atoms with Crippen LogP contribution in [0.25, 0.3) is 0 Å². The lowest BCUT2D eigenvalue weighted by atomic mass is 9.94. The van der Waals surface area contributed by atoms with Gasteiger partial charge in [0.25, 0.3) is 0 Å². The standard InChI is InChI=1S/C13H26N4/c1-11(9-13(2,15)10-14)17-7-5-12(6-8-17)16(3)4/h11-12H,5-9,15H2,1-4H3. The number of nitriles is 1. The van der Waals surface area contributed by atoms with Crippen LogP contribution in [-0.4, -0.2) is 54.6 Å². The Balaban J connectivity index is 2.41. The smallest absolute Gasteiger partial charge is 0.102 e. The predicted octanol–water partition coefficient (Wildman–Crippen LogP) is 1.03. The second-order valence-corrected chi connectivity index (χ2v) is 5.81. The van der Waals surface area contributed by atoms with E-state index in [1.54, 1.807) is 0 Å². The Morgan fingerprint density at radius 3 is 2.41 bits per heavy atom. The van der Waals surface area contributed by atoms with Gasteiger partial charge in [-0.15, -0.1) is 0 Å². The van der Waals surface area contributed by atoms with Gasteiger partial charge >= 0.3 is 0 Å². The lowest BCUT2D eigenvalue weighted by Gasteiger charge is -2.39. The average molecular weight is 238 g/mol. The van der Waals surface area contributed by atoms with Crippen LogP contribution in [0.3, 0.4) is 0 Å². The maximum Gasteiger partial charge on any atom is 0.102 e. The van der Waals surface area contributed by atoms with Crippen LogP contribution in [0.5, 0.6) is 0 Å². The Bertz CT molecular complexity index is 272. The summed E-state index contributed by atoms with van der Waals surface area (Å²) in [5.41, 5.74) is 5.21. The summed E-state index contributed by atoms with van der Waals surface area (Å²) < 4.78 is 0. The predicted molar refractivity (Wildman–Crippen MR) is 70.6 cm³/mol. The molecule has 0 aliphatic carbocycles. The van der Waals surface area contributed by atoms with Crippen LogP contribution in [0.15, 0.2) is 0 Å². The topological polar surface area (TPSA) is 56.3 Å². The van der Waals surface area contributed by atoms with Crippen molar-refractivity contribution in [3.05, 3.63) is 0 Å². The van der Waals surface area contributed by atoms with Crippen molar-refractivity contribution in [2.75, 3.05) is 27.2 Å². The van der Waals surface area contributed by atoms with Gasteiger partial charge in [-0.3, -0.25) is 0 Å². The third kappa shape index (κ3) is 4.27. The van der Waals surface area contributed by atoms with Gasteiger partial charge in [0.15, 0.2) is 0 Å². The van der Waals surface area contributed by atoms with Crippen molar-refractivity contribution in [2.24, 2.45) is 5.73 Å². The summed E-state index contributed by atoms with van der Waals surface area (Å²) in [6.45, 7) is 6.23. The van der Waals surface area contributed by atoms with Crippen molar-refractivity contribution in [3.63, 3.8) is 0 Å². The second kappa shape index (κ2) is 5.81. The molecule has 0 spiro atoms. The molecule has 98 valence electrons. The molecule has 1 saturated heterocycles. The molecule has 0 radical (unpaired) electrons. The highest BCUT2D eigenvalue weighted by atomic mass is 15.2. The molecule has 0 aromatic rings. The van der Waals surface area contributed by atoms with Gasteiger partial charge in [0, 0.05) is 12.1 Å². The van der Waals surface area contributed by atoms with Crippen LogP contribution < -0.4 is 5.73 Å². The van der Waals surface area contributed by atoms with Crippen molar-refractivity contribution in [3.8, 4) is 6.07 Å². The second-order valence-electron chi connectivity index (χ2n) is 5.81. The first-order valence-corrected chi connectivity index (χ1v) is 6.46. The summed E-state index contributed by atoms with van der Waals surface area (Å²) in [4.78, 5) is 4.77. The highest BCUT2D eigenvalue weighted by molar-refractivity contribution is 5.03. The van der Waals surface area contributed by atoms with Gasteiger partial charge in [0.1, 0.15) is 5.54 Å². The zero-order chi connectivity index (χ0) is 13.1. The number of hydrogen-bond donors (Lipinski definition) is 1. The van der Waals surface area contributed by atoms with Gasteiger partial charge < -0.3 is 15.5 Å². The SMILES string of the molecule is CC(CC(C)(N)C#N)N1CCC(N(C)C)CC1. The molecule has 1 rings (SSSR count). The molecule has 0 bridgehead atoms. The van der Waals surface area contributed by atoms with Crippen LogP contribution in [-0.2, 0) is 0 Å². The molecule has 1 aliphatic rings. The number of rotatable bonds is 4. The Labute approximate surface area is 105 Å². The van der Waals surface area contributed by atoms with Gasteiger partial charge in [0.05, 0.1) is 6.07 Å². The van der Waals surface area contributed by atoms with Gasteiger partial charge in [-0.05, 0) is 60.3 Å². The van der Waals surface area contributed by atoms with E-state index >= 15 is 0 Å². The molecular formula is C13H26N4. The largest absolute Gasteiger partial charge is 0.314 e. The molecule has 1 heterocycles. The first kappa shape index (κ1) is 14.4. The Kier molecular flexibility index (Phi) is 4.93. The quantitative estimate of drug-likeness (QED) is 0.795. The fourth-order valence-corrected chi connectivity index (χ4v) is 2.63. The molecule has 0 saturated carbocycles. The first-order valence-electron chi connectivity index (χ1n) is 6.46. The Morgan fingerprint density at radius 1 is 1.47 bits per heavy atom. The number of hydrogen-bond acceptors (Lipinski definition) is 4. The van der Waals surface area contributed by atoms with E-state index in [2.05, 4.69) is 36.9 Å². The summed E-state index contributed by atoms with van der Waals surface area (Å²) >= 11 is 0. The minimum absolute atomic E-state index is 0.396. The molecule has 4 nitrogen and oxygen atoms in total. The van der Waals surface area contributed by atoms with E-state index in [1.165, 1.54) is 12.8 Å². The van der Waals surface area contributed by atoms with Crippen LogP contribution >= 0.6 is 0 Å². The summed E-state index contributed by atoms with van der Waals surface area (Å²) in [5, 5.41) is 8.96. The first-order chi connectivity index (χ1) is 7.85.